The zero-order valence-corrected chi connectivity index (χ0v) is 11.5. The van der Waals surface area contributed by atoms with Gasteiger partial charge in [-0.15, -0.1) is 11.3 Å². The van der Waals surface area contributed by atoms with Gasteiger partial charge >= 0.3 is 0 Å². The molecule has 92 valence electrons. The first-order chi connectivity index (χ1) is 7.54. The molecule has 0 aliphatic carbocycles. The van der Waals surface area contributed by atoms with Crippen molar-refractivity contribution >= 4 is 11.3 Å². The highest BCUT2D eigenvalue weighted by Gasteiger charge is 2.13. The van der Waals surface area contributed by atoms with Crippen molar-refractivity contribution in [2.75, 3.05) is 6.54 Å². The van der Waals surface area contributed by atoms with E-state index in [1.807, 2.05) is 0 Å². The minimum Gasteiger partial charge on any atom is -0.327 e. The smallest absolute Gasteiger partial charge is 0.0900 e. The molecule has 0 radical (unpaired) electrons. The molecule has 0 bridgehead atoms. The number of aromatic nitrogens is 1. The Morgan fingerprint density at radius 3 is 2.62 bits per heavy atom. The normalized spacial score (nSPS) is 15.1. The van der Waals surface area contributed by atoms with E-state index in [0.717, 1.165) is 30.1 Å². The number of nitrogens with two attached hydrogens (primary N) is 1. The van der Waals surface area contributed by atoms with Gasteiger partial charge in [0.05, 0.1) is 10.7 Å². The van der Waals surface area contributed by atoms with E-state index in [0.29, 0.717) is 6.04 Å². The van der Waals surface area contributed by atoms with Crippen LogP contribution in [0.5, 0.6) is 0 Å². The van der Waals surface area contributed by atoms with E-state index in [1.165, 1.54) is 4.88 Å². The van der Waals surface area contributed by atoms with E-state index < -0.39 is 0 Å². The van der Waals surface area contributed by atoms with E-state index in [9.17, 15) is 0 Å². The summed E-state index contributed by atoms with van der Waals surface area (Å²) in [6, 6.07) is 0.621. The van der Waals surface area contributed by atoms with Gasteiger partial charge < -0.3 is 11.1 Å². The molecule has 0 saturated heterocycles. The Morgan fingerprint density at radius 1 is 1.44 bits per heavy atom. The third kappa shape index (κ3) is 3.85. The molecule has 16 heavy (non-hydrogen) atoms. The quantitative estimate of drug-likeness (QED) is 0.804. The predicted molar refractivity (Wildman–Crippen MR) is 70.9 cm³/mol. The first-order valence-electron chi connectivity index (χ1n) is 5.97. The lowest BCUT2D eigenvalue weighted by atomic mass is 10.1. The van der Waals surface area contributed by atoms with Crippen LogP contribution in [-0.4, -0.2) is 17.6 Å². The van der Waals surface area contributed by atoms with Gasteiger partial charge in [0.15, 0.2) is 0 Å². The molecule has 0 fully saturated rings. The van der Waals surface area contributed by atoms with Crippen LogP contribution in [0.2, 0.25) is 0 Å². The van der Waals surface area contributed by atoms with Crippen LogP contribution in [0.4, 0.5) is 0 Å². The summed E-state index contributed by atoms with van der Waals surface area (Å²) < 4.78 is 0. The summed E-state index contributed by atoms with van der Waals surface area (Å²) in [7, 11) is 0. The van der Waals surface area contributed by atoms with Gasteiger partial charge in [0.1, 0.15) is 0 Å². The van der Waals surface area contributed by atoms with Crippen LogP contribution in [0.25, 0.3) is 0 Å². The van der Waals surface area contributed by atoms with Gasteiger partial charge in [0, 0.05) is 23.5 Å². The minimum atomic E-state index is 0.266. The lowest BCUT2D eigenvalue weighted by Crippen LogP contribution is -2.34. The standard InChI is InChI=1S/C12H23N3S/c1-5-6-11(13)7-14-8(2)12-9(3)15-10(4)16-12/h8,11,14H,5-7,13H2,1-4H3. The maximum Gasteiger partial charge on any atom is 0.0900 e. The average Bonchev–Trinajstić information content (AvgIpc) is 2.55. The Balaban J connectivity index is 2.46. The van der Waals surface area contributed by atoms with Crippen LogP contribution < -0.4 is 11.1 Å². The van der Waals surface area contributed by atoms with E-state index >= 15 is 0 Å². The molecule has 1 aromatic rings. The van der Waals surface area contributed by atoms with Gasteiger partial charge in [-0.25, -0.2) is 4.98 Å². The van der Waals surface area contributed by atoms with E-state index in [1.54, 1.807) is 11.3 Å². The Kier molecular flexibility index (Phi) is 5.38. The molecule has 4 heteroatoms. The first-order valence-corrected chi connectivity index (χ1v) is 6.79. The van der Waals surface area contributed by atoms with Crippen molar-refractivity contribution in [2.45, 2.75) is 52.6 Å². The maximum atomic E-state index is 5.98. The summed E-state index contributed by atoms with van der Waals surface area (Å²) >= 11 is 1.77. The molecular weight excluding hydrogens is 218 g/mol. The SMILES string of the molecule is CCCC(N)CNC(C)c1sc(C)nc1C. The molecule has 2 unspecified atom stereocenters. The van der Waals surface area contributed by atoms with Gasteiger partial charge in [0.25, 0.3) is 0 Å². The van der Waals surface area contributed by atoms with Crippen molar-refractivity contribution in [3.05, 3.63) is 15.6 Å². The zero-order valence-electron chi connectivity index (χ0n) is 10.7. The molecule has 1 aromatic heterocycles. The van der Waals surface area contributed by atoms with Crippen molar-refractivity contribution in [1.29, 1.82) is 0 Å². The number of hydrogen-bond acceptors (Lipinski definition) is 4. The van der Waals surface area contributed by atoms with Crippen molar-refractivity contribution in [1.82, 2.24) is 10.3 Å². The van der Waals surface area contributed by atoms with Crippen LogP contribution in [0, 0.1) is 13.8 Å². The molecule has 1 rings (SSSR count). The monoisotopic (exact) mass is 241 g/mol. The molecule has 0 spiro atoms. The van der Waals surface area contributed by atoms with Crippen LogP contribution in [0.1, 0.15) is 48.3 Å². The van der Waals surface area contributed by atoms with E-state index in [2.05, 4.69) is 38.0 Å². The molecule has 0 aliphatic rings. The van der Waals surface area contributed by atoms with Gasteiger partial charge in [-0.3, -0.25) is 0 Å². The summed E-state index contributed by atoms with van der Waals surface area (Å²) in [5.41, 5.74) is 7.12. The molecule has 0 amide bonds. The predicted octanol–water partition coefficient (Wildman–Crippen LogP) is 2.54. The van der Waals surface area contributed by atoms with Crippen molar-refractivity contribution in [3.8, 4) is 0 Å². The largest absolute Gasteiger partial charge is 0.327 e. The van der Waals surface area contributed by atoms with E-state index in [-0.39, 0.29) is 6.04 Å². The third-order valence-electron chi connectivity index (χ3n) is 2.68. The molecule has 1 heterocycles. The fourth-order valence-electron chi connectivity index (χ4n) is 1.84. The first kappa shape index (κ1) is 13.6. The molecule has 0 saturated carbocycles. The lowest BCUT2D eigenvalue weighted by Gasteiger charge is -2.16. The van der Waals surface area contributed by atoms with Crippen LogP contribution in [0.3, 0.4) is 0 Å². The van der Waals surface area contributed by atoms with E-state index in [4.69, 9.17) is 5.73 Å². The maximum absolute atomic E-state index is 5.98. The second-order valence-electron chi connectivity index (χ2n) is 4.36. The summed E-state index contributed by atoms with van der Waals surface area (Å²) in [6.07, 6.45) is 2.23. The Morgan fingerprint density at radius 2 is 2.12 bits per heavy atom. The molecule has 2 atom stereocenters. The highest BCUT2D eigenvalue weighted by Crippen LogP contribution is 2.24. The molecule has 0 aliphatic heterocycles. The van der Waals surface area contributed by atoms with Crippen molar-refractivity contribution < 1.29 is 0 Å². The summed E-state index contributed by atoms with van der Waals surface area (Å²) in [4.78, 5) is 5.78. The Labute approximate surface area is 102 Å². The molecular formula is C12H23N3S. The van der Waals surface area contributed by atoms with Crippen LogP contribution in [-0.2, 0) is 0 Å². The van der Waals surface area contributed by atoms with Gasteiger partial charge in [-0.05, 0) is 27.2 Å². The molecule has 0 aromatic carbocycles. The summed E-state index contributed by atoms with van der Waals surface area (Å²) in [5.74, 6) is 0. The van der Waals surface area contributed by atoms with Gasteiger partial charge in [-0.2, -0.15) is 0 Å². The molecule has 3 N–H and O–H groups in total. The van der Waals surface area contributed by atoms with Gasteiger partial charge in [0.2, 0.25) is 0 Å². The summed E-state index contributed by atoms with van der Waals surface area (Å²) in [5, 5.41) is 4.62. The number of aryl methyl sites for hydroxylation is 2. The second-order valence-corrected chi connectivity index (χ2v) is 5.60. The number of thiazole rings is 1. The van der Waals surface area contributed by atoms with Crippen molar-refractivity contribution in [3.63, 3.8) is 0 Å². The third-order valence-corrected chi connectivity index (χ3v) is 3.93. The minimum absolute atomic E-state index is 0.266. The summed E-state index contributed by atoms with van der Waals surface area (Å²) in [6.45, 7) is 9.35. The highest BCUT2D eigenvalue weighted by molar-refractivity contribution is 7.11. The number of rotatable bonds is 6. The van der Waals surface area contributed by atoms with Crippen molar-refractivity contribution in [2.24, 2.45) is 5.73 Å². The Bertz CT molecular complexity index is 322. The topological polar surface area (TPSA) is 50.9 Å². The second kappa shape index (κ2) is 6.33. The van der Waals surface area contributed by atoms with Crippen LogP contribution >= 0.6 is 11.3 Å². The molecule has 3 nitrogen and oxygen atoms in total. The lowest BCUT2D eigenvalue weighted by molar-refractivity contribution is 0.496. The Hall–Kier alpha value is -0.450. The number of hydrogen-bond donors (Lipinski definition) is 2. The highest BCUT2D eigenvalue weighted by atomic mass is 32.1. The van der Waals surface area contributed by atoms with Gasteiger partial charge in [-0.1, -0.05) is 13.3 Å². The fourth-order valence-corrected chi connectivity index (χ4v) is 2.80. The number of nitrogens with zero attached hydrogens (tertiary/aromatic N) is 1. The zero-order chi connectivity index (χ0) is 12.1. The van der Waals surface area contributed by atoms with Crippen LogP contribution in [0.15, 0.2) is 0 Å². The average molecular weight is 241 g/mol. The number of nitrogens with one attached hydrogen (secondary N) is 1. The fraction of sp³-hybridized carbons (Fsp3) is 0.750.